The van der Waals surface area contributed by atoms with Gasteiger partial charge < -0.3 is 23.7 Å². The van der Waals surface area contributed by atoms with Crippen LogP contribution in [0.3, 0.4) is 0 Å². The number of nitrogens with zero attached hydrogens (tertiary/aromatic N) is 1. The van der Waals surface area contributed by atoms with Gasteiger partial charge in [0.2, 0.25) is 5.88 Å². The highest BCUT2D eigenvalue weighted by Crippen LogP contribution is 2.32. The van der Waals surface area contributed by atoms with Crippen LogP contribution in [0.4, 0.5) is 9.59 Å². The minimum Gasteiger partial charge on any atom is -0.497 e. The number of fused-ring (bicyclic) bond motifs is 1. The zero-order valence-corrected chi connectivity index (χ0v) is 18.2. The molecule has 3 aromatic carbocycles. The molecule has 0 N–H and O–H groups in total. The Hall–Kier alpha value is -4.46. The van der Waals surface area contributed by atoms with E-state index in [2.05, 4.69) is 0 Å². The summed E-state index contributed by atoms with van der Waals surface area (Å²) >= 11 is 0. The molecule has 0 atom stereocenters. The first kappa shape index (κ1) is 21.8. The Morgan fingerprint density at radius 3 is 1.76 bits per heavy atom. The van der Waals surface area contributed by atoms with Gasteiger partial charge in [-0.15, -0.1) is 0 Å². The molecular formula is C25H21NO7. The zero-order chi connectivity index (χ0) is 23.4. The maximum absolute atomic E-state index is 13.1. The van der Waals surface area contributed by atoms with Crippen molar-refractivity contribution in [3.8, 4) is 28.9 Å². The summed E-state index contributed by atoms with van der Waals surface area (Å²) in [5, 5.41) is 0.733. The average Bonchev–Trinajstić information content (AvgIpc) is 3.11. The molecule has 0 aliphatic carbocycles. The van der Waals surface area contributed by atoms with Crippen molar-refractivity contribution in [2.75, 3.05) is 14.2 Å². The van der Waals surface area contributed by atoms with Gasteiger partial charge in [-0.25, -0.2) is 14.2 Å². The van der Waals surface area contributed by atoms with E-state index in [1.807, 2.05) is 12.1 Å². The number of para-hydroxylation sites is 1. The Bertz CT molecular complexity index is 1290. The van der Waals surface area contributed by atoms with Gasteiger partial charge in [0.1, 0.15) is 23.0 Å². The molecule has 1 heterocycles. The largest absolute Gasteiger partial charge is 0.520 e. The lowest BCUT2D eigenvalue weighted by Crippen LogP contribution is -2.22. The van der Waals surface area contributed by atoms with Crippen molar-refractivity contribution < 1.29 is 33.3 Å². The third-order valence-electron chi connectivity index (χ3n) is 4.96. The van der Waals surface area contributed by atoms with Crippen LogP contribution in [0.2, 0.25) is 0 Å². The Kier molecular flexibility index (Phi) is 6.17. The Balaban J connectivity index is 1.62. The summed E-state index contributed by atoms with van der Waals surface area (Å²) in [7, 11) is 3.08. The Labute approximate surface area is 189 Å². The van der Waals surface area contributed by atoms with Crippen LogP contribution < -0.4 is 23.7 Å². The fraction of sp³-hybridized carbons (Fsp3) is 0.120. The number of aromatic nitrogens is 1. The van der Waals surface area contributed by atoms with Crippen LogP contribution in [-0.2, 0) is 0 Å². The van der Waals surface area contributed by atoms with E-state index < -0.39 is 12.2 Å². The molecular weight excluding hydrogens is 426 g/mol. The molecule has 4 aromatic rings. The summed E-state index contributed by atoms with van der Waals surface area (Å²) in [4.78, 5) is 25.6. The summed E-state index contributed by atoms with van der Waals surface area (Å²) in [6, 6.07) is 20.2. The van der Waals surface area contributed by atoms with Gasteiger partial charge in [0.05, 0.1) is 19.7 Å². The first-order valence-corrected chi connectivity index (χ1v) is 10.00. The van der Waals surface area contributed by atoms with E-state index in [0.29, 0.717) is 28.3 Å². The second-order valence-electron chi connectivity index (χ2n) is 6.96. The SMILES string of the molecule is COc1ccc(OC(=O)Oc2c(C)c3ccccc3n2C(=O)Oc2ccc(OC)cc2)cc1. The van der Waals surface area contributed by atoms with Crippen molar-refractivity contribution in [3.05, 3.63) is 78.4 Å². The molecule has 0 fully saturated rings. The van der Waals surface area contributed by atoms with Crippen LogP contribution >= 0.6 is 0 Å². The molecule has 1 aromatic heterocycles. The molecule has 0 bridgehead atoms. The van der Waals surface area contributed by atoms with Gasteiger partial charge in [-0.3, -0.25) is 0 Å². The normalized spacial score (nSPS) is 10.5. The van der Waals surface area contributed by atoms with Gasteiger partial charge in [0.25, 0.3) is 0 Å². The van der Waals surface area contributed by atoms with Crippen LogP contribution in [0, 0.1) is 6.92 Å². The molecule has 33 heavy (non-hydrogen) atoms. The van der Waals surface area contributed by atoms with E-state index >= 15 is 0 Å². The highest BCUT2D eigenvalue weighted by Gasteiger charge is 2.25. The Morgan fingerprint density at radius 2 is 1.18 bits per heavy atom. The standard InChI is InChI=1S/C25H21NO7/c1-16-21-6-4-5-7-22(21)26(24(27)31-19-12-8-17(29-2)9-13-19)23(16)33-25(28)32-20-14-10-18(30-3)11-15-20/h4-15H,1-3H3. The van der Waals surface area contributed by atoms with Gasteiger partial charge in [0.15, 0.2) is 0 Å². The molecule has 0 amide bonds. The van der Waals surface area contributed by atoms with Gasteiger partial charge in [0, 0.05) is 10.9 Å². The first-order chi connectivity index (χ1) is 16.0. The second-order valence-corrected chi connectivity index (χ2v) is 6.96. The summed E-state index contributed by atoms with van der Waals surface area (Å²) < 4.78 is 27.6. The van der Waals surface area contributed by atoms with Gasteiger partial charge in [-0.1, -0.05) is 18.2 Å². The molecule has 0 aliphatic rings. The topological polar surface area (TPSA) is 85.2 Å². The number of carbonyl (C=O) groups is 2. The number of aryl methyl sites for hydroxylation is 1. The van der Waals surface area contributed by atoms with E-state index in [1.54, 1.807) is 74.7 Å². The summed E-state index contributed by atoms with van der Waals surface area (Å²) in [6.45, 7) is 1.75. The number of hydrogen-bond acceptors (Lipinski definition) is 7. The molecule has 0 radical (unpaired) electrons. The monoisotopic (exact) mass is 447 g/mol. The molecule has 0 saturated carbocycles. The fourth-order valence-corrected chi connectivity index (χ4v) is 3.31. The van der Waals surface area contributed by atoms with E-state index in [9.17, 15) is 9.59 Å². The average molecular weight is 447 g/mol. The lowest BCUT2D eigenvalue weighted by molar-refractivity contribution is 0.147. The molecule has 0 saturated heterocycles. The second kappa shape index (κ2) is 9.35. The number of methoxy groups -OCH3 is 2. The van der Waals surface area contributed by atoms with Crippen molar-refractivity contribution in [1.29, 1.82) is 0 Å². The van der Waals surface area contributed by atoms with Crippen LogP contribution in [0.1, 0.15) is 5.56 Å². The highest BCUT2D eigenvalue weighted by molar-refractivity contribution is 5.96. The van der Waals surface area contributed by atoms with E-state index in [-0.39, 0.29) is 11.6 Å². The summed E-state index contributed by atoms with van der Waals surface area (Å²) in [5.74, 6) is 1.83. The van der Waals surface area contributed by atoms with E-state index in [4.69, 9.17) is 23.7 Å². The molecule has 0 spiro atoms. The number of ether oxygens (including phenoxy) is 5. The third-order valence-corrected chi connectivity index (χ3v) is 4.96. The zero-order valence-electron chi connectivity index (χ0n) is 18.2. The third kappa shape index (κ3) is 4.59. The number of hydrogen-bond donors (Lipinski definition) is 0. The van der Waals surface area contributed by atoms with Crippen LogP contribution in [-0.4, -0.2) is 31.0 Å². The lowest BCUT2D eigenvalue weighted by Gasteiger charge is -2.11. The summed E-state index contributed by atoms with van der Waals surface area (Å²) in [5.41, 5.74) is 1.12. The van der Waals surface area contributed by atoms with Crippen molar-refractivity contribution in [3.63, 3.8) is 0 Å². The number of benzene rings is 3. The predicted molar refractivity (Wildman–Crippen MR) is 121 cm³/mol. The maximum Gasteiger partial charge on any atom is 0.520 e. The number of carbonyl (C=O) groups excluding carboxylic acids is 2. The molecule has 4 rings (SSSR count). The molecule has 0 unspecified atom stereocenters. The lowest BCUT2D eigenvalue weighted by atomic mass is 10.2. The fourth-order valence-electron chi connectivity index (χ4n) is 3.31. The summed E-state index contributed by atoms with van der Waals surface area (Å²) in [6.07, 6.45) is -1.73. The smallest absolute Gasteiger partial charge is 0.497 e. The first-order valence-electron chi connectivity index (χ1n) is 10.00. The predicted octanol–water partition coefficient (Wildman–Crippen LogP) is 5.59. The van der Waals surface area contributed by atoms with Gasteiger partial charge >= 0.3 is 12.2 Å². The van der Waals surface area contributed by atoms with Crippen molar-refractivity contribution in [2.24, 2.45) is 0 Å². The van der Waals surface area contributed by atoms with Gasteiger partial charge in [-0.2, -0.15) is 0 Å². The minimum atomic E-state index is -0.996. The van der Waals surface area contributed by atoms with Gasteiger partial charge in [-0.05, 0) is 61.5 Å². The minimum absolute atomic E-state index is 0.00761. The van der Waals surface area contributed by atoms with Crippen LogP contribution in [0.5, 0.6) is 28.9 Å². The highest BCUT2D eigenvalue weighted by atomic mass is 16.7. The Morgan fingerprint density at radius 1 is 0.667 bits per heavy atom. The molecule has 168 valence electrons. The molecule has 0 aliphatic heterocycles. The quantitative estimate of drug-likeness (QED) is 0.291. The number of rotatable bonds is 5. The van der Waals surface area contributed by atoms with Crippen LogP contribution in [0.15, 0.2) is 72.8 Å². The van der Waals surface area contributed by atoms with Crippen molar-refractivity contribution >= 4 is 23.2 Å². The molecule has 8 nitrogen and oxygen atoms in total. The van der Waals surface area contributed by atoms with Crippen molar-refractivity contribution in [1.82, 2.24) is 4.57 Å². The van der Waals surface area contributed by atoms with E-state index in [0.717, 1.165) is 5.39 Å². The van der Waals surface area contributed by atoms with Crippen molar-refractivity contribution in [2.45, 2.75) is 6.92 Å². The van der Waals surface area contributed by atoms with E-state index in [1.165, 1.54) is 11.7 Å². The molecule has 8 heteroatoms. The maximum atomic E-state index is 13.1. The van der Waals surface area contributed by atoms with Crippen LogP contribution in [0.25, 0.3) is 10.9 Å².